The lowest BCUT2D eigenvalue weighted by atomic mass is 9.92. The molecule has 1 saturated heterocycles. The van der Waals surface area contributed by atoms with Crippen molar-refractivity contribution in [3.05, 3.63) is 23.9 Å². The molecule has 0 amide bonds. The number of piperidine rings is 1. The normalized spacial score (nSPS) is 27.6. The summed E-state index contributed by atoms with van der Waals surface area (Å²) in [5.74, 6) is 1.93. The number of anilines is 1. The largest absolute Gasteiger partial charge is 0.354 e. The lowest BCUT2D eigenvalue weighted by Gasteiger charge is -2.38. The van der Waals surface area contributed by atoms with E-state index in [9.17, 15) is 0 Å². The van der Waals surface area contributed by atoms with Gasteiger partial charge in [-0.2, -0.15) is 0 Å². The lowest BCUT2D eigenvalue weighted by Crippen LogP contribution is -2.43. The van der Waals surface area contributed by atoms with Crippen LogP contribution in [0.15, 0.2) is 18.2 Å². The Bertz CT molecular complexity index is 428. The summed E-state index contributed by atoms with van der Waals surface area (Å²) < 4.78 is 0. The average Bonchev–Trinajstić information content (AvgIpc) is 3.24. The zero-order valence-electron chi connectivity index (χ0n) is 12.1. The van der Waals surface area contributed by atoms with Crippen LogP contribution in [-0.4, -0.2) is 23.6 Å². The monoisotopic (exact) mass is 259 g/mol. The van der Waals surface area contributed by atoms with Gasteiger partial charge >= 0.3 is 0 Å². The van der Waals surface area contributed by atoms with Crippen LogP contribution in [0.1, 0.15) is 45.2 Å². The van der Waals surface area contributed by atoms with E-state index in [4.69, 9.17) is 4.98 Å². The van der Waals surface area contributed by atoms with Gasteiger partial charge in [0, 0.05) is 25.2 Å². The first-order valence-corrected chi connectivity index (χ1v) is 7.70. The Morgan fingerprint density at radius 3 is 2.89 bits per heavy atom. The highest BCUT2D eigenvalue weighted by Gasteiger charge is 2.25. The Morgan fingerprint density at radius 1 is 1.26 bits per heavy atom. The fourth-order valence-electron chi connectivity index (χ4n) is 2.92. The standard InChI is InChI=1S/C16H25N3/c1-12-5-4-10-19(13(12)2)16-7-3-6-15(18-16)11-17-14-8-9-14/h3,6-7,12-14,17H,4-5,8-11H2,1-2H3. The third kappa shape index (κ3) is 3.08. The smallest absolute Gasteiger partial charge is 0.129 e. The van der Waals surface area contributed by atoms with E-state index < -0.39 is 0 Å². The van der Waals surface area contributed by atoms with Crippen molar-refractivity contribution in [1.29, 1.82) is 0 Å². The van der Waals surface area contributed by atoms with Crippen LogP contribution in [0.2, 0.25) is 0 Å². The van der Waals surface area contributed by atoms with Gasteiger partial charge in [0.1, 0.15) is 5.82 Å². The maximum Gasteiger partial charge on any atom is 0.129 e. The molecule has 3 nitrogen and oxygen atoms in total. The zero-order valence-corrected chi connectivity index (χ0v) is 12.1. The van der Waals surface area contributed by atoms with Crippen LogP contribution in [0.4, 0.5) is 5.82 Å². The summed E-state index contributed by atoms with van der Waals surface area (Å²) in [6.07, 6.45) is 5.30. The van der Waals surface area contributed by atoms with Crippen molar-refractivity contribution in [3.63, 3.8) is 0 Å². The topological polar surface area (TPSA) is 28.2 Å². The highest BCUT2D eigenvalue weighted by molar-refractivity contribution is 5.41. The molecule has 1 aliphatic carbocycles. The first kappa shape index (κ1) is 12.9. The summed E-state index contributed by atoms with van der Waals surface area (Å²) in [5.41, 5.74) is 1.18. The molecule has 2 heterocycles. The van der Waals surface area contributed by atoms with Gasteiger partial charge in [-0.05, 0) is 50.7 Å². The molecule has 2 atom stereocenters. The number of rotatable bonds is 4. The van der Waals surface area contributed by atoms with Gasteiger partial charge in [0.25, 0.3) is 0 Å². The number of nitrogens with one attached hydrogen (secondary N) is 1. The van der Waals surface area contributed by atoms with E-state index in [1.165, 1.54) is 31.4 Å². The number of aromatic nitrogens is 1. The van der Waals surface area contributed by atoms with Gasteiger partial charge in [0.2, 0.25) is 0 Å². The van der Waals surface area contributed by atoms with Crippen LogP contribution in [-0.2, 0) is 6.54 Å². The average molecular weight is 259 g/mol. The van der Waals surface area contributed by atoms with E-state index in [0.717, 1.165) is 30.9 Å². The number of nitrogens with zero attached hydrogens (tertiary/aromatic N) is 2. The number of hydrogen-bond acceptors (Lipinski definition) is 3. The van der Waals surface area contributed by atoms with E-state index in [2.05, 4.69) is 42.3 Å². The third-order valence-corrected chi connectivity index (χ3v) is 4.61. The molecule has 0 bridgehead atoms. The summed E-state index contributed by atoms with van der Waals surface area (Å²) in [6, 6.07) is 7.80. The Labute approximate surface area is 116 Å². The lowest BCUT2D eigenvalue weighted by molar-refractivity contribution is 0.361. The molecule has 0 radical (unpaired) electrons. The van der Waals surface area contributed by atoms with E-state index in [1.54, 1.807) is 0 Å². The second-order valence-corrected chi connectivity index (χ2v) is 6.20. The maximum atomic E-state index is 4.84. The van der Waals surface area contributed by atoms with E-state index in [-0.39, 0.29) is 0 Å². The molecule has 1 N–H and O–H groups in total. The van der Waals surface area contributed by atoms with Gasteiger partial charge in [0.05, 0.1) is 5.69 Å². The second kappa shape index (κ2) is 5.49. The second-order valence-electron chi connectivity index (χ2n) is 6.20. The first-order chi connectivity index (χ1) is 9.24. The Morgan fingerprint density at radius 2 is 2.11 bits per heavy atom. The van der Waals surface area contributed by atoms with Crippen molar-refractivity contribution < 1.29 is 0 Å². The van der Waals surface area contributed by atoms with Gasteiger partial charge in [-0.3, -0.25) is 0 Å². The SMILES string of the molecule is CC1CCCN(c2cccc(CNC3CC3)n2)C1C. The fourth-order valence-corrected chi connectivity index (χ4v) is 2.92. The molecule has 3 heteroatoms. The molecule has 0 spiro atoms. The van der Waals surface area contributed by atoms with Crippen molar-refractivity contribution in [2.75, 3.05) is 11.4 Å². The molecule has 1 aromatic rings. The molecule has 0 aromatic carbocycles. The fraction of sp³-hybridized carbons (Fsp3) is 0.688. The first-order valence-electron chi connectivity index (χ1n) is 7.70. The Hall–Kier alpha value is -1.09. The summed E-state index contributed by atoms with van der Waals surface area (Å²) >= 11 is 0. The van der Waals surface area contributed by atoms with Crippen molar-refractivity contribution in [2.45, 2.75) is 58.2 Å². The van der Waals surface area contributed by atoms with Crippen LogP contribution in [0.25, 0.3) is 0 Å². The van der Waals surface area contributed by atoms with Crippen molar-refractivity contribution in [1.82, 2.24) is 10.3 Å². The van der Waals surface area contributed by atoms with E-state index in [0.29, 0.717) is 6.04 Å². The molecule has 19 heavy (non-hydrogen) atoms. The third-order valence-electron chi connectivity index (χ3n) is 4.61. The zero-order chi connectivity index (χ0) is 13.2. The Balaban J connectivity index is 1.70. The summed E-state index contributed by atoms with van der Waals surface area (Å²) in [6.45, 7) is 6.75. The predicted molar refractivity (Wildman–Crippen MR) is 79.3 cm³/mol. The summed E-state index contributed by atoms with van der Waals surface area (Å²) in [5, 5.41) is 3.54. The summed E-state index contributed by atoms with van der Waals surface area (Å²) in [7, 11) is 0. The van der Waals surface area contributed by atoms with Gasteiger partial charge in [-0.15, -0.1) is 0 Å². The molecule has 3 rings (SSSR count). The molecular formula is C16H25N3. The number of hydrogen-bond donors (Lipinski definition) is 1. The molecule has 1 aromatic heterocycles. The van der Waals surface area contributed by atoms with Gasteiger partial charge < -0.3 is 10.2 Å². The molecule has 1 saturated carbocycles. The van der Waals surface area contributed by atoms with Crippen molar-refractivity contribution in [2.24, 2.45) is 5.92 Å². The predicted octanol–water partition coefficient (Wildman–Crippen LogP) is 2.96. The molecule has 2 aliphatic rings. The highest BCUT2D eigenvalue weighted by atomic mass is 15.2. The van der Waals surface area contributed by atoms with Gasteiger partial charge in [0.15, 0.2) is 0 Å². The highest BCUT2D eigenvalue weighted by Crippen LogP contribution is 2.27. The summed E-state index contributed by atoms with van der Waals surface area (Å²) in [4.78, 5) is 7.33. The molecule has 2 unspecified atom stereocenters. The minimum absolute atomic E-state index is 0.605. The van der Waals surface area contributed by atoms with Crippen molar-refractivity contribution in [3.8, 4) is 0 Å². The molecule has 2 fully saturated rings. The van der Waals surface area contributed by atoms with Gasteiger partial charge in [-0.25, -0.2) is 4.98 Å². The molecular weight excluding hydrogens is 234 g/mol. The van der Waals surface area contributed by atoms with Crippen LogP contribution >= 0.6 is 0 Å². The minimum Gasteiger partial charge on any atom is -0.354 e. The number of pyridine rings is 1. The van der Waals surface area contributed by atoms with E-state index in [1.807, 2.05) is 0 Å². The minimum atomic E-state index is 0.605. The van der Waals surface area contributed by atoms with Crippen LogP contribution < -0.4 is 10.2 Å². The molecule has 1 aliphatic heterocycles. The molecule has 104 valence electrons. The van der Waals surface area contributed by atoms with Crippen LogP contribution in [0, 0.1) is 5.92 Å². The van der Waals surface area contributed by atoms with E-state index >= 15 is 0 Å². The maximum absolute atomic E-state index is 4.84. The quantitative estimate of drug-likeness (QED) is 0.901. The van der Waals surface area contributed by atoms with Crippen LogP contribution in [0.5, 0.6) is 0 Å². The van der Waals surface area contributed by atoms with Crippen molar-refractivity contribution >= 4 is 5.82 Å². The van der Waals surface area contributed by atoms with Crippen LogP contribution in [0.3, 0.4) is 0 Å². The van der Waals surface area contributed by atoms with Gasteiger partial charge in [-0.1, -0.05) is 13.0 Å². The Kier molecular flexibility index (Phi) is 3.74.